The highest BCUT2D eigenvalue weighted by Gasteiger charge is 2.22. The minimum absolute atomic E-state index is 0.183. The maximum Gasteiger partial charge on any atom is 0.153 e. The average Bonchev–Trinajstić information content (AvgIpc) is 3.17. The molecule has 0 atom stereocenters. The Kier molecular flexibility index (Phi) is 4.34. The van der Waals surface area contributed by atoms with Crippen LogP contribution in [0.25, 0.3) is 44.3 Å². The van der Waals surface area contributed by atoms with E-state index in [-0.39, 0.29) is 5.92 Å². The third-order valence-electron chi connectivity index (χ3n) is 5.54. The molecule has 3 heteroatoms. The molecule has 0 N–H and O–H groups in total. The van der Waals surface area contributed by atoms with E-state index >= 15 is 0 Å². The van der Waals surface area contributed by atoms with Gasteiger partial charge < -0.3 is 4.42 Å². The van der Waals surface area contributed by atoms with Crippen molar-refractivity contribution in [3.05, 3.63) is 90.1 Å². The summed E-state index contributed by atoms with van der Waals surface area (Å²) in [5.41, 5.74) is 7.03. The molecule has 5 aromatic rings. The van der Waals surface area contributed by atoms with Crippen LogP contribution >= 0.6 is 0 Å². The van der Waals surface area contributed by atoms with Gasteiger partial charge in [0.2, 0.25) is 0 Å². The SMILES string of the molecule is CC(C)c1c(-c2ccccc2)cc2c(oc3c(-c4ccccn4)cccc32)c1C#N. The summed E-state index contributed by atoms with van der Waals surface area (Å²) >= 11 is 0. The molecule has 2 heterocycles. The molecule has 0 fully saturated rings. The van der Waals surface area contributed by atoms with E-state index in [0.29, 0.717) is 11.1 Å². The second kappa shape index (κ2) is 7.17. The molecule has 0 spiro atoms. The first-order valence-electron chi connectivity index (χ1n) is 10.1. The molecule has 2 aromatic heterocycles. The van der Waals surface area contributed by atoms with Crippen LogP contribution < -0.4 is 0 Å². The van der Waals surface area contributed by atoms with Crippen LogP contribution in [0.1, 0.15) is 30.9 Å². The van der Waals surface area contributed by atoms with Crippen molar-refractivity contribution < 1.29 is 4.42 Å². The summed E-state index contributed by atoms with van der Waals surface area (Å²) < 4.78 is 6.38. The molecule has 3 nitrogen and oxygen atoms in total. The fourth-order valence-corrected chi connectivity index (χ4v) is 4.24. The fourth-order valence-electron chi connectivity index (χ4n) is 4.24. The molecule has 0 aliphatic heterocycles. The lowest BCUT2D eigenvalue weighted by molar-refractivity contribution is 0.666. The van der Waals surface area contributed by atoms with Crippen molar-refractivity contribution in [3.63, 3.8) is 0 Å². The second-order valence-electron chi connectivity index (χ2n) is 7.72. The number of pyridine rings is 1. The number of benzene rings is 3. The molecule has 0 aliphatic carbocycles. The molecule has 30 heavy (non-hydrogen) atoms. The number of rotatable bonds is 3. The van der Waals surface area contributed by atoms with Gasteiger partial charge in [0.15, 0.2) is 5.58 Å². The van der Waals surface area contributed by atoms with Gasteiger partial charge in [0.05, 0.1) is 11.3 Å². The van der Waals surface area contributed by atoms with E-state index in [1.165, 1.54) is 0 Å². The zero-order chi connectivity index (χ0) is 20.7. The molecule has 3 aromatic carbocycles. The van der Waals surface area contributed by atoms with Crippen molar-refractivity contribution in [1.29, 1.82) is 5.26 Å². The van der Waals surface area contributed by atoms with Gasteiger partial charge in [-0.25, -0.2) is 0 Å². The summed E-state index contributed by atoms with van der Waals surface area (Å²) in [4.78, 5) is 4.50. The van der Waals surface area contributed by atoms with Crippen molar-refractivity contribution in [2.24, 2.45) is 0 Å². The van der Waals surface area contributed by atoms with E-state index in [0.717, 1.165) is 44.3 Å². The molecule has 0 amide bonds. The molecule has 5 rings (SSSR count). The molecule has 0 aliphatic rings. The van der Waals surface area contributed by atoms with Crippen LogP contribution in [0.4, 0.5) is 0 Å². The minimum Gasteiger partial charge on any atom is -0.454 e. The standard InChI is InChI=1S/C27H20N2O/c1-17(2)25-21(18-9-4-3-5-10-18)15-22-19-11-8-12-20(24-13-6-7-14-29-24)26(19)30-27(22)23(25)16-28/h3-15,17H,1-2H3. The van der Waals surface area contributed by atoms with Gasteiger partial charge in [0, 0.05) is 22.5 Å². The number of hydrogen-bond donors (Lipinski definition) is 0. The Balaban J connectivity index is 1.92. The monoisotopic (exact) mass is 388 g/mol. The third kappa shape index (κ3) is 2.77. The molecule has 144 valence electrons. The van der Waals surface area contributed by atoms with E-state index in [2.05, 4.69) is 49.2 Å². The summed E-state index contributed by atoms with van der Waals surface area (Å²) in [5, 5.41) is 12.1. The van der Waals surface area contributed by atoms with Crippen LogP contribution in [0.2, 0.25) is 0 Å². The average molecular weight is 388 g/mol. The number of fused-ring (bicyclic) bond motifs is 3. The van der Waals surface area contributed by atoms with Gasteiger partial charge in [-0.3, -0.25) is 4.98 Å². The first-order chi connectivity index (χ1) is 14.7. The molecule has 0 saturated heterocycles. The van der Waals surface area contributed by atoms with Gasteiger partial charge in [-0.1, -0.05) is 62.4 Å². The topological polar surface area (TPSA) is 49.8 Å². The molecular weight excluding hydrogens is 368 g/mol. The quantitative estimate of drug-likeness (QED) is 0.325. The molecule has 0 radical (unpaired) electrons. The van der Waals surface area contributed by atoms with E-state index in [9.17, 15) is 5.26 Å². The summed E-state index contributed by atoms with van der Waals surface area (Å²) in [6, 6.07) is 26.8. The Morgan fingerprint density at radius 3 is 2.33 bits per heavy atom. The van der Waals surface area contributed by atoms with Gasteiger partial charge in [0.25, 0.3) is 0 Å². The molecular formula is C27H20N2O. The normalized spacial score (nSPS) is 11.3. The largest absolute Gasteiger partial charge is 0.454 e. The lowest BCUT2D eigenvalue weighted by Gasteiger charge is -2.15. The first-order valence-corrected chi connectivity index (χ1v) is 10.1. The van der Waals surface area contributed by atoms with E-state index < -0.39 is 0 Å². The zero-order valence-corrected chi connectivity index (χ0v) is 16.9. The van der Waals surface area contributed by atoms with Crippen LogP contribution in [0.3, 0.4) is 0 Å². The fraction of sp³-hybridized carbons (Fsp3) is 0.111. The van der Waals surface area contributed by atoms with Crippen LogP contribution in [-0.4, -0.2) is 4.98 Å². The van der Waals surface area contributed by atoms with Crippen LogP contribution in [0.15, 0.2) is 83.4 Å². The maximum absolute atomic E-state index is 10.1. The number of nitriles is 1. The minimum atomic E-state index is 0.183. The van der Waals surface area contributed by atoms with Gasteiger partial charge in [0.1, 0.15) is 11.7 Å². The highest BCUT2D eigenvalue weighted by Crippen LogP contribution is 2.42. The van der Waals surface area contributed by atoms with Crippen molar-refractivity contribution in [2.75, 3.05) is 0 Å². The highest BCUT2D eigenvalue weighted by molar-refractivity contribution is 6.12. The number of para-hydroxylation sites is 1. The van der Waals surface area contributed by atoms with Crippen molar-refractivity contribution in [2.45, 2.75) is 19.8 Å². The number of furan rings is 1. The van der Waals surface area contributed by atoms with Crippen molar-refractivity contribution >= 4 is 21.9 Å². The summed E-state index contributed by atoms with van der Waals surface area (Å²) in [6.07, 6.45) is 1.78. The Bertz CT molecular complexity index is 1410. The predicted octanol–water partition coefficient (Wildman–Crippen LogP) is 7.31. The molecule has 0 bridgehead atoms. The Morgan fingerprint density at radius 2 is 1.63 bits per heavy atom. The van der Waals surface area contributed by atoms with Gasteiger partial charge in [-0.15, -0.1) is 0 Å². The summed E-state index contributed by atoms with van der Waals surface area (Å²) in [6.45, 7) is 4.24. The van der Waals surface area contributed by atoms with Crippen LogP contribution in [0.5, 0.6) is 0 Å². The second-order valence-corrected chi connectivity index (χ2v) is 7.72. The van der Waals surface area contributed by atoms with Crippen LogP contribution in [0, 0.1) is 11.3 Å². The summed E-state index contributed by atoms with van der Waals surface area (Å²) in [7, 11) is 0. The zero-order valence-electron chi connectivity index (χ0n) is 16.9. The Morgan fingerprint density at radius 1 is 0.833 bits per heavy atom. The van der Waals surface area contributed by atoms with Crippen molar-refractivity contribution in [1.82, 2.24) is 4.98 Å². The van der Waals surface area contributed by atoms with Gasteiger partial charge >= 0.3 is 0 Å². The first kappa shape index (κ1) is 18.1. The van der Waals surface area contributed by atoms with E-state index in [4.69, 9.17) is 4.42 Å². The number of aromatic nitrogens is 1. The van der Waals surface area contributed by atoms with Gasteiger partial charge in [-0.05, 0) is 46.9 Å². The maximum atomic E-state index is 10.1. The predicted molar refractivity (Wildman–Crippen MR) is 121 cm³/mol. The Labute approximate surface area is 175 Å². The Hall–Kier alpha value is -3.90. The van der Waals surface area contributed by atoms with E-state index in [1.54, 1.807) is 6.20 Å². The third-order valence-corrected chi connectivity index (χ3v) is 5.54. The molecule has 0 saturated carbocycles. The molecule has 0 unspecified atom stereocenters. The lowest BCUT2D eigenvalue weighted by Crippen LogP contribution is -1.98. The van der Waals surface area contributed by atoms with Crippen LogP contribution in [-0.2, 0) is 0 Å². The number of hydrogen-bond acceptors (Lipinski definition) is 3. The lowest BCUT2D eigenvalue weighted by atomic mass is 9.87. The van der Waals surface area contributed by atoms with E-state index in [1.807, 2.05) is 48.5 Å². The summed E-state index contributed by atoms with van der Waals surface area (Å²) in [5.74, 6) is 0.183. The van der Waals surface area contributed by atoms with Gasteiger partial charge in [-0.2, -0.15) is 5.26 Å². The van der Waals surface area contributed by atoms with Crippen molar-refractivity contribution in [3.8, 4) is 28.5 Å². The smallest absolute Gasteiger partial charge is 0.153 e. The highest BCUT2D eigenvalue weighted by atomic mass is 16.3. The number of nitrogens with zero attached hydrogens (tertiary/aromatic N) is 2.